The molecule has 0 bridgehead atoms. The van der Waals surface area contributed by atoms with Crippen molar-refractivity contribution in [1.29, 1.82) is 0 Å². The van der Waals surface area contributed by atoms with Crippen LogP contribution in [0.1, 0.15) is 24.4 Å². The van der Waals surface area contributed by atoms with E-state index < -0.39 is 18.7 Å². The van der Waals surface area contributed by atoms with Crippen LogP contribution in [0, 0.1) is 0 Å². The number of aromatic nitrogens is 2. The summed E-state index contributed by atoms with van der Waals surface area (Å²) in [6.07, 6.45) is -1.10. The summed E-state index contributed by atoms with van der Waals surface area (Å²) in [5.41, 5.74) is 2.46. The molecule has 0 spiro atoms. The van der Waals surface area contributed by atoms with Crippen molar-refractivity contribution in [3.05, 3.63) is 41.7 Å². The molecule has 6 heteroatoms. The number of nitrogens with zero attached hydrogens (tertiary/aromatic N) is 1. The smallest absolute Gasteiger partial charge is 0.303 e. The molecule has 0 aliphatic carbocycles. The van der Waals surface area contributed by atoms with Gasteiger partial charge in [0.25, 0.3) is 0 Å². The van der Waals surface area contributed by atoms with Crippen LogP contribution in [0.5, 0.6) is 0 Å². The van der Waals surface area contributed by atoms with E-state index in [4.69, 9.17) is 4.74 Å². The number of benzene rings is 1. The molecule has 2 aromatic heterocycles. The molecule has 0 aliphatic heterocycles. The van der Waals surface area contributed by atoms with Crippen molar-refractivity contribution in [1.82, 2.24) is 9.97 Å². The Labute approximate surface area is 126 Å². The number of ether oxygens (including phenoxy) is 1. The van der Waals surface area contributed by atoms with Crippen LogP contribution in [0.4, 0.5) is 0 Å². The Hall–Kier alpha value is -2.44. The van der Waals surface area contributed by atoms with E-state index in [1.165, 1.54) is 6.92 Å². The maximum atomic E-state index is 11.0. The number of pyridine rings is 1. The Bertz CT molecular complexity index is 841. The van der Waals surface area contributed by atoms with Gasteiger partial charge in [0.1, 0.15) is 12.7 Å². The van der Waals surface area contributed by atoms with Gasteiger partial charge in [0.2, 0.25) is 0 Å². The van der Waals surface area contributed by atoms with Crippen LogP contribution in [0.15, 0.2) is 30.3 Å². The van der Waals surface area contributed by atoms with E-state index >= 15 is 0 Å². The molecule has 1 unspecified atom stereocenters. The van der Waals surface area contributed by atoms with Gasteiger partial charge >= 0.3 is 5.97 Å². The second-order valence-electron chi connectivity index (χ2n) is 5.07. The number of aliphatic hydroxyl groups excluding tert-OH is 2. The number of hydrogen-bond acceptors (Lipinski definition) is 5. The number of carbonyl (C=O) groups excluding carboxylic acids is 1. The van der Waals surface area contributed by atoms with Gasteiger partial charge in [0.05, 0.1) is 23.5 Å². The number of hydrogen-bond donors (Lipinski definition) is 3. The van der Waals surface area contributed by atoms with Crippen molar-refractivity contribution in [2.24, 2.45) is 0 Å². The molecule has 114 valence electrons. The van der Waals surface area contributed by atoms with Crippen molar-refractivity contribution >= 4 is 27.8 Å². The zero-order valence-corrected chi connectivity index (χ0v) is 12.0. The number of esters is 1. The van der Waals surface area contributed by atoms with Gasteiger partial charge in [-0.3, -0.25) is 4.79 Å². The highest BCUT2D eigenvalue weighted by molar-refractivity contribution is 6.08. The topological polar surface area (TPSA) is 95.4 Å². The fraction of sp³-hybridized carbons (Fsp3) is 0.250. The molecule has 2 heterocycles. The van der Waals surface area contributed by atoms with E-state index in [1.807, 2.05) is 30.3 Å². The lowest BCUT2D eigenvalue weighted by atomic mass is 10.1. The molecule has 0 amide bonds. The maximum absolute atomic E-state index is 11.0. The first kappa shape index (κ1) is 14.5. The van der Waals surface area contributed by atoms with Gasteiger partial charge in [0, 0.05) is 23.2 Å². The van der Waals surface area contributed by atoms with Crippen molar-refractivity contribution in [2.45, 2.75) is 19.6 Å². The average molecular weight is 300 g/mol. The third-order valence-electron chi connectivity index (χ3n) is 3.49. The lowest BCUT2D eigenvalue weighted by molar-refractivity contribution is -0.142. The lowest BCUT2D eigenvalue weighted by Crippen LogP contribution is -2.09. The van der Waals surface area contributed by atoms with E-state index in [9.17, 15) is 15.0 Å². The Balaban J connectivity index is 2.22. The van der Waals surface area contributed by atoms with Gasteiger partial charge < -0.3 is 19.9 Å². The second kappa shape index (κ2) is 5.75. The molecule has 0 radical (unpaired) electrons. The number of aromatic amines is 1. The Kier molecular flexibility index (Phi) is 3.79. The molecule has 0 fully saturated rings. The molecule has 0 saturated carbocycles. The summed E-state index contributed by atoms with van der Waals surface area (Å²) in [5, 5.41) is 21.1. The molecule has 0 aliphatic rings. The van der Waals surface area contributed by atoms with Crippen molar-refractivity contribution in [3.63, 3.8) is 0 Å². The molecule has 3 rings (SSSR count). The highest BCUT2D eigenvalue weighted by atomic mass is 16.5. The maximum Gasteiger partial charge on any atom is 0.303 e. The highest BCUT2D eigenvalue weighted by Crippen LogP contribution is 2.30. The van der Waals surface area contributed by atoms with Crippen LogP contribution in [0.3, 0.4) is 0 Å². The normalized spacial score (nSPS) is 12.7. The third-order valence-corrected chi connectivity index (χ3v) is 3.49. The zero-order chi connectivity index (χ0) is 15.7. The summed E-state index contributed by atoms with van der Waals surface area (Å²) < 4.78 is 4.98. The van der Waals surface area contributed by atoms with Crippen molar-refractivity contribution < 1.29 is 19.7 Å². The minimum absolute atomic E-state index is 0.0237. The Morgan fingerprint density at radius 1 is 1.36 bits per heavy atom. The molecule has 22 heavy (non-hydrogen) atoms. The molecule has 1 atom stereocenters. The summed E-state index contributed by atoms with van der Waals surface area (Å²) in [4.78, 5) is 18.5. The van der Waals surface area contributed by atoms with Crippen LogP contribution in [0.25, 0.3) is 21.8 Å². The minimum Gasteiger partial charge on any atom is -0.459 e. The van der Waals surface area contributed by atoms with Gasteiger partial charge in [-0.2, -0.15) is 0 Å². The van der Waals surface area contributed by atoms with E-state index in [-0.39, 0.29) is 6.61 Å². The molecule has 6 nitrogen and oxygen atoms in total. The quantitative estimate of drug-likeness (QED) is 0.639. The van der Waals surface area contributed by atoms with Gasteiger partial charge in [-0.25, -0.2) is 4.98 Å². The van der Waals surface area contributed by atoms with Gasteiger partial charge in [-0.05, 0) is 12.1 Å². The first-order valence-corrected chi connectivity index (χ1v) is 6.92. The summed E-state index contributed by atoms with van der Waals surface area (Å²) in [7, 11) is 0. The predicted molar refractivity (Wildman–Crippen MR) is 81.1 cm³/mol. The fourth-order valence-corrected chi connectivity index (χ4v) is 2.50. The molecular weight excluding hydrogens is 284 g/mol. The summed E-state index contributed by atoms with van der Waals surface area (Å²) in [6, 6.07) is 9.54. The number of rotatable bonds is 4. The van der Waals surface area contributed by atoms with Gasteiger partial charge in [-0.1, -0.05) is 18.2 Å². The first-order valence-electron chi connectivity index (χ1n) is 6.92. The van der Waals surface area contributed by atoms with Crippen molar-refractivity contribution in [2.75, 3.05) is 6.61 Å². The lowest BCUT2D eigenvalue weighted by Gasteiger charge is -2.10. The monoisotopic (exact) mass is 300 g/mol. The van der Waals surface area contributed by atoms with E-state index in [1.54, 1.807) is 0 Å². The largest absolute Gasteiger partial charge is 0.459 e. The number of nitrogens with one attached hydrogen (secondary N) is 1. The van der Waals surface area contributed by atoms with Crippen LogP contribution < -0.4 is 0 Å². The third kappa shape index (κ3) is 2.54. The fourth-order valence-electron chi connectivity index (χ4n) is 2.50. The first-order chi connectivity index (χ1) is 10.6. The molecule has 3 N–H and O–H groups in total. The number of carbonyl (C=O) groups is 1. The molecule has 3 aromatic rings. The number of aliphatic hydroxyl groups is 2. The molecule has 1 aromatic carbocycles. The van der Waals surface area contributed by atoms with E-state index in [2.05, 4.69) is 9.97 Å². The van der Waals surface area contributed by atoms with Gasteiger partial charge in [-0.15, -0.1) is 0 Å². The van der Waals surface area contributed by atoms with Crippen LogP contribution in [-0.2, 0) is 16.1 Å². The molecular formula is C16H16N2O4. The Morgan fingerprint density at radius 2 is 2.14 bits per heavy atom. The second-order valence-corrected chi connectivity index (χ2v) is 5.07. The van der Waals surface area contributed by atoms with Crippen LogP contribution >= 0.6 is 0 Å². The summed E-state index contributed by atoms with van der Waals surface area (Å²) in [6.45, 7) is 0.915. The standard InChI is InChI=1S/C16H16N2O4/c1-9(20)22-8-10-6-12-11-4-2-3-5-13(11)18-15(12)16(17-10)14(21)7-19/h2-6,14,18-19,21H,7-8H2,1H3. The summed E-state index contributed by atoms with van der Waals surface area (Å²) >= 11 is 0. The highest BCUT2D eigenvalue weighted by Gasteiger charge is 2.17. The number of fused-ring (bicyclic) bond motifs is 3. The number of H-pyrrole nitrogens is 1. The van der Waals surface area contributed by atoms with Gasteiger partial charge in [0.15, 0.2) is 0 Å². The Morgan fingerprint density at radius 3 is 2.86 bits per heavy atom. The predicted octanol–water partition coefficient (Wildman–Crippen LogP) is 1.80. The zero-order valence-electron chi connectivity index (χ0n) is 12.0. The number of para-hydroxylation sites is 1. The van der Waals surface area contributed by atoms with E-state index in [0.717, 1.165) is 16.3 Å². The molecule has 0 saturated heterocycles. The SMILES string of the molecule is CC(=O)OCc1cc2c([nH]c3ccccc32)c(C(O)CO)n1. The average Bonchev–Trinajstić information content (AvgIpc) is 2.90. The van der Waals surface area contributed by atoms with Crippen molar-refractivity contribution in [3.8, 4) is 0 Å². The minimum atomic E-state index is -1.10. The van der Waals surface area contributed by atoms with E-state index in [0.29, 0.717) is 16.9 Å². The van der Waals surface area contributed by atoms with Crippen LogP contribution in [-0.4, -0.2) is 32.8 Å². The summed E-state index contributed by atoms with van der Waals surface area (Å²) in [5.74, 6) is -0.398. The van der Waals surface area contributed by atoms with Crippen LogP contribution in [0.2, 0.25) is 0 Å².